The minimum atomic E-state index is -0.316. The van der Waals surface area contributed by atoms with Crippen LogP contribution in [-0.4, -0.2) is 40.4 Å². The predicted octanol–water partition coefficient (Wildman–Crippen LogP) is 1.70. The molecule has 9 heteroatoms. The Morgan fingerprint density at radius 3 is 2.83 bits per heavy atom. The highest BCUT2D eigenvalue weighted by Crippen LogP contribution is 2.13. The second-order valence-electron chi connectivity index (χ2n) is 5.05. The molecule has 0 saturated heterocycles. The normalized spacial score (nSPS) is 12.2. The van der Waals surface area contributed by atoms with E-state index in [2.05, 4.69) is 25.8 Å². The average Bonchev–Trinajstić information content (AvgIpc) is 2.93. The number of guanidine groups is 1. The van der Waals surface area contributed by atoms with Gasteiger partial charge in [-0.15, -0.1) is 34.2 Å². The van der Waals surface area contributed by atoms with E-state index in [0.717, 1.165) is 5.82 Å². The molecule has 0 radical (unpaired) electrons. The Bertz CT molecular complexity index is 663. The van der Waals surface area contributed by atoms with Crippen LogP contribution in [0.1, 0.15) is 12.7 Å². The zero-order valence-corrected chi connectivity index (χ0v) is 16.2. The summed E-state index contributed by atoms with van der Waals surface area (Å²) in [4.78, 5) is 4.13. The Hall–Kier alpha value is -1.91. The Morgan fingerprint density at radius 1 is 1.42 bits per heavy atom. The smallest absolute Gasteiger partial charge is 0.191 e. The van der Waals surface area contributed by atoms with Gasteiger partial charge in [-0.1, -0.05) is 6.07 Å². The highest BCUT2D eigenvalue weighted by Gasteiger charge is 2.07. The lowest BCUT2D eigenvalue weighted by Crippen LogP contribution is -2.41. The molecule has 0 aliphatic heterocycles. The molecule has 1 aromatic carbocycles. The van der Waals surface area contributed by atoms with E-state index in [1.54, 1.807) is 25.5 Å². The molecule has 0 aliphatic rings. The van der Waals surface area contributed by atoms with Crippen molar-refractivity contribution in [3.05, 3.63) is 42.2 Å². The molecule has 2 aromatic rings. The fourth-order valence-corrected chi connectivity index (χ4v) is 1.91. The first-order chi connectivity index (χ1) is 11.1. The first kappa shape index (κ1) is 20.1. The van der Waals surface area contributed by atoms with Gasteiger partial charge in [0.15, 0.2) is 11.8 Å². The van der Waals surface area contributed by atoms with E-state index in [1.807, 2.05) is 18.5 Å². The highest BCUT2D eigenvalue weighted by molar-refractivity contribution is 14.0. The Labute approximate surface area is 157 Å². The van der Waals surface area contributed by atoms with Crippen molar-refractivity contribution in [1.29, 1.82) is 0 Å². The maximum atomic E-state index is 13.1. The van der Waals surface area contributed by atoms with Crippen LogP contribution < -0.4 is 15.4 Å². The van der Waals surface area contributed by atoms with E-state index in [9.17, 15) is 4.39 Å². The Kier molecular flexibility index (Phi) is 8.44. The van der Waals surface area contributed by atoms with E-state index >= 15 is 0 Å². The lowest BCUT2D eigenvalue weighted by atomic mass is 10.3. The molecule has 2 rings (SSSR count). The lowest BCUT2D eigenvalue weighted by Gasteiger charge is -2.17. The zero-order chi connectivity index (χ0) is 16.7. The molecular weight excluding hydrogens is 426 g/mol. The van der Waals surface area contributed by atoms with Gasteiger partial charge < -0.3 is 19.9 Å². The van der Waals surface area contributed by atoms with Gasteiger partial charge in [0.2, 0.25) is 0 Å². The van der Waals surface area contributed by atoms with Gasteiger partial charge in [-0.05, 0) is 19.1 Å². The number of ether oxygens (including phenoxy) is 1. The second-order valence-corrected chi connectivity index (χ2v) is 5.05. The van der Waals surface area contributed by atoms with E-state index in [-0.39, 0.29) is 35.9 Å². The summed E-state index contributed by atoms with van der Waals surface area (Å²) in [6.07, 6.45) is 1.49. The van der Waals surface area contributed by atoms with Crippen molar-refractivity contribution >= 4 is 29.9 Å². The predicted molar refractivity (Wildman–Crippen MR) is 101 cm³/mol. The Morgan fingerprint density at radius 2 is 2.21 bits per heavy atom. The van der Waals surface area contributed by atoms with Crippen LogP contribution >= 0.6 is 24.0 Å². The molecular formula is C15H22FIN6O. The number of aromatic nitrogens is 3. The van der Waals surface area contributed by atoms with Crippen LogP contribution in [-0.2, 0) is 13.6 Å². The van der Waals surface area contributed by atoms with Gasteiger partial charge in [0, 0.05) is 20.2 Å². The second kappa shape index (κ2) is 10.1. The van der Waals surface area contributed by atoms with Crippen LogP contribution in [0.25, 0.3) is 0 Å². The van der Waals surface area contributed by atoms with Crippen molar-refractivity contribution in [2.24, 2.45) is 12.0 Å². The number of nitrogens with zero attached hydrogens (tertiary/aromatic N) is 4. The van der Waals surface area contributed by atoms with Crippen LogP contribution in [0.5, 0.6) is 5.75 Å². The molecule has 0 saturated carbocycles. The fraction of sp³-hybridized carbons (Fsp3) is 0.400. The first-order valence-corrected chi connectivity index (χ1v) is 7.28. The van der Waals surface area contributed by atoms with Gasteiger partial charge in [0.1, 0.15) is 24.0 Å². The topological polar surface area (TPSA) is 76.4 Å². The third-order valence-electron chi connectivity index (χ3n) is 3.13. The van der Waals surface area contributed by atoms with Crippen molar-refractivity contribution < 1.29 is 9.13 Å². The number of aliphatic imine (C=N–C) groups is 1. The number of halogens is 2. The summed E-state index contributed by atoms with van der Waals surface area (Å²) in [6.45, 7) is 2.93. The van der Waals surface area contributed by atoms with Crippen LogP contribution in [0.4, 0.5) is 4.39 Å². The standard InChI is InChI=1S/C15H21FN6O.HI/c1-11(23-13-6-4-5-12(16)7-13)8-18-15(17-2)19-9-14-21-20-10-22(14)3;/h4-7,10-11H,8-9H2,1-3H3,(H2,17,18,19);1H. The maximum absolute atomic E-state index is 13.1. The summed E-state index contributed by atoms with van der Waals surface area (Å²) in [6, 6.07) is 6.08. The van der Waals surface area contributed by atoms with Crippen molar-refractivity contribution in [3.8, 4) is 5.75 Å². The molecule has 0 fully saturated rings. The van der Waals surface area contributed by atoms with Gasteiger partial charge in [0.25, 0.3) is 0 Å². The van der Waals surface area contributed by atoms with E-state index in [1.165, 1.54) is 12.1 Å². The molecule has 0 bridgehead atoms. The molecule has 7 nitrogen and oxygen atoms in total. The fourth-order valence-electron chi connectivity index (χ4n) is 1.91. The zero-order valence-electron chi connectivity index (χ0n) is 13.9. The summed E-state index contributed by atoms with van der Waals surface area (Å²) in [5, 5.41) is 14.1. The molecule has 2 N–H and O–H groups in total. The largest absolute Gasteiger partial charge is 0.489 e. The Balaban J connectivity index is 0.00000288. The molecule has 24 heavy (non-hydrogen) atoms. The van der Waals surface area contributed by atoms with Gasteiger partial charge in [-0.2, -0.15) is 0 Å². The maximum Gasteiger partial charge on any atom is 0.191 e. The number of benzene rings is 1. The number of nitrogens with one attached hydrogen (secondary N) is 2. The summed E-state index contributed by atoms with van der Waals surface area (Å²) < 4.78 is 20.6. The van der Waals surface area contributed by atoms with Gasteiger partial charge in [-0.25, -0.2) is 4.39 Å². The van der Waals surface area contributed by atoms with Crippen LogP contribution in [0, 0.1) is 5.82 Å². The van der Waals surface area contributed by atoms with Gasteiger partial charge >= 0.3 is 0 Å². The third kappa shape index (κ3) is 6.30. The SMILES string of the molecule is CN=C(NCc1nncn1C)NCC(C)Oc1cccc(F)c1.I. The summed E-state index contributed by atoms with van der Waals surface area (Å²) in [5.74, 6) is 1.62. The molecule has 132 valence electrons. The first-order valence-electron chi connectivity index (χ1n) is 7.28. The van der Waals surface area contributed by atoms with E-state index < -0.39 is 0 Å². The van der Waals surface area contributed by atoms with Gasteiger partial charge in [0.05, 0.1) is 13.1 Å². The lowest BCUT2D eigenvalue weighted by molar-refractivity contribution is 0.223. The van der Waals surface area contributed by atoms with Crippen LogP contribution in [0.2, 0.25) is 0 Å². The summed E-state index contributed by atoms with van der Waals surface area (Å²) in [7, 11) is 3.56. The molecule has 1 unspecified atom stereocenters. The van der Waals surface area contributed by atoms with Crippen LogP contribution in [0.3, 0.4) is 0 Å². The monoisotopic (exact) mass is 448 g/mol. The average molecular weight is 448 g/mol. The molecule has 1 atom stereocenters. The quantitative estimate of drug-likeness (QED) is 0.400. The molecule has 0 spiro atoms. The highest BCUT2D eigenvalue weighted by atomic mass is 127. The number of hydrogen-bond donors (Lipinski definition) is 2. The van der Waals surface area contributed by atoms with Gasteiger partial charge in [-0.3, -0.25) is 4.99 Å². The number of hydrogen-bond acceptors (Lipinski definition) is 4. The minimum Gasteiger partial charge on any atom is -0.489 e. The van der Waals surface area contributed by atoms with E-state index in [4.69, 9.17) is 4.74 Å². The van der Waals surface area contributed by atoms with Crippen molar-refractivity contribution in [1.82, 2.24) is 25.4 Å². The number of rotatable bonds is 6. The molecule has 0 amide bonds. The summed E-state index contributed by atoms with van der Waals surface area (Å²) in [5.41, 5.74) is 0. The van der Waals surface area contributed by atoms with Crippen molar-refractivity contribution in [2.45, 2.75) is 19.6 Å². The van der Waals surface area contributed by atoms with Crippen molar-refractivity contribution in [3.63, 3.8) is 0 Å². The summed E-state index contributed by atoms with van der Waals surface area (Å²) >= 11 is 0. The molecule has 1 aromatic heterocycles. The number of aryl methyl sites for hydroxylation is 1. The third-order valence-corrected chi connectivity index (χ3v) is 3.13. The minimum absolute atomic E-state index is 0. The van der Waals surface area contributed by atoms with E-state index in [0.29, 0.717) is 24.8 Å². The van der Waals surface area contributed by atoms with Crippen LogP contribution in [0.15, 0.2) is 35.6 Å². The molecule has 1 heterocycles. The van der Waals surface area contributed by atoms with Crippen molar-refractivity contribution in [2.75, 3.05) is 13.6 Å². The molecule has 0 aliphatic carbocycles.